The van der Waals surface area contributed by atoms with Gasteiger partial charge in [-0.3, -0.25) is 0 Å². The van der Waals surface area contributed by atoms with Crippen LogP contribution in [0.2, 0.25) is 0 Å². The van der Waals surface area contributed by atoms with Gasteiger partial charge in [0.15, 0.2) is 22.5 Å². The average Bonchev–Trinajstić information content (AvgIpc) is 2.74. The maximum Gasteiger partial charge on any atom is 0.416 e. The second kappa shape index (κ2) is 8.07. The van der Waals surface area contributed by atoms with Crippen LogP contribution in [0, 0.1) is 6.92 Å². The van der Waals surface area contributed by atoms with Gasteiger partial charge in [0.1, 0.15) is 0 Å². The second-order valence-electron chi connectivity index (χ2n) is 7.02. The molecule has 160 valence electrons. The smallest absolute Gasteiger partial charge is 0.416 e. The van der Waals surface area contributed by atoms with E-state index in [9.17, 15) is 17.4 Å². The first-order chi connectivity index (χ1) is 14.7. The Balaban J connectivity index is 1.51. The Kier molecular flexibility index (Phi) is 5.45. The summed E-state index contributed by atoms with van der Waals surface area (Å²) in [5.41, 5.74) is 2.65. The number of alkyl halides is 3. The third-order valence-corrected chi connectivity index (χ3v) is 5.68. The van der Waals surface area contributed by atoms with Gasteiger partial charge in [-0.15, -0.1) is 0 Å². The highest BCUT2D eigenvalue weighted by atomic mass is 32.2. The highest BCUT2D eigenvalue weighted by molar-refractivity contribution is 7.83. The van der Waals surface area contributed by atoms with E-state index >= 15 is 0 Å². The lowest BCUT2D eigenvalue weighted by molar-refractivity contribution is -0.137. The van der Waals surface area contributed by atoms with Crippen LogP contribution < -0.4 is 14.9 Å². The van der Waals surface area contributed by atoms with Crippen LogP contribution >= 0.6 is 0 Å². The molecule has 5 nitrogen and oxygen atoms in total. The maximum absolute atomic E-state index is 12.9. The van der Waals surface area contributed by atoms with Gasteiger partial charge in [-0.25, -0.2) is 9.04 Å². The number of halogens is 3. The minimum atomic E-state index is -4.44. The summed E-state index contributed by atoms with van der Waals surface area (Å²) in [7, 11) is -1.50. The average molecular weight is 445 g/mol. The molecule has 3 aromatic carbocycles. The van der Waals surface area contributed by atoms with E-state index in [1.54, 1.807) is 37.3 Å². The van der Waals surface area contributed by atoms with Crippen molar-refractivity contribution < 1.29 is 22.1 Å². The number of hydrogen-bond donors (Lipinski definition) is 2. The van der Waals surface area contributed by atoms with Crippen LogP contribution in [0.1, 0.15) is 23.6 Å². The van der Waals surface area contributed by atoms with Crippen molar-refractivity contribution >= 4 is 28.1 Å². The zero-order valence-electron chi connectivity index (χ0n) is 16.6. The van der Waals surface area contributed by atoms with Crippen molar-refractivity contribution in [1.29, 1.82) is 0 Å². The molecule has 31 heavy (non-hydrogen) atoms. The fourth-order valence-corrected chi connectivity index (χ4v) is 3.69. The zero-order chi connectivity index (χ0) is 22.2. The molecule has 1 aliphatic rings. The topological polar surface area (TPSA) is 62.7 Å². The Bertz CT molecular complexity index is 1190. The van der Waals surface area contributed by atoms with Crippen molar-refractivity contribution in [3.63, 3.8) is 0 Å². The van der Waals surface area contributed by atoms with E-state index in [4.69, 9.17) is 4.74 Å². The predicted molar refractivity (Wildman–Crippen MR) is 114 cm³/mol. The van der Waals surface area contributed by atoms with Crippen molar-refractivity contribution in [1.82, 2.24) is 4.83 Å². The summed E-state index contributed by atoms with van der Waals surface area (Å²) in [4.78, 5) is 3.24. The van der Waals surface area contributed by atoms with Crippen LogP contribution in [0.5, 0.6) is 11.5 Å². The highest BCUT2D eigenvalue weighted by Crippen LogP contribution is 2.44. The van der Waals surface area contributed by atoms with Gasteiger partial charge in [0.25, 0.3) is 0 Å². The van der Waals surface area contributed by atoms with Crippen molar-refractivity contribution in [2.24, 2.45) is 5.10 Å². The van der Waals surface area contributed by atoms with E-state index in [0.717, 1.165) is 23.3 Å². The minimum Gasteiger partial charge on any atom is -0.453 e. The Labute approximate surface area is 179 Å². The molecular weight excluding hydrogens is 427 g/mol. The van der Waals surface area contributed by atoms with E-state index in [0.29, 0.717) is 27.7 Å². The SMILES string of the molecule is C/C(=N\NS(=O)c1ccc(C)cc1)c1ccc2c(c1)Nc1ccc(C(F)(F)F)cc1O2. The molecular formula is C22H18F3N3O2S. The summed E-state index contributed by atoms with van der Waals surface area (Å²) in [6, 6.07) is 15.7. The molecule has 0 aromatic heterocycles. The third kappa shape index (κ3) is 4.56. The standard InChI is InChI=1S/C22H18F3N3O2S/c1-13-3-7-17(8-4-13)31(29)28-27-14(2)15-5-10-20-19(11-15)26-18-9-6-16(22(23,24)25)12-21(18)30-20/h3-12,26,28H,1-2H3/b27-14+. The molecule has 1 atom stereocenters. The Morgan fingerprint density at radius 3 is 2.45 bits per heavy atom. The Morgan fingerprint density at radius 2 is 1.74 bits per heavy atom. The van der Waals surface area contributed by atoms with Crippen LogP contribution in [-0.2, 0) is 17.2 Å². The quantitative estimate of drug-likeness (QED) is 0.304. The summed E-state index contributed by atoms with van der Waals surface area (Å²) in [6.45, 7) is 3.71. The van der Waals surface area contributed by atoms with Crippen LogP contribution in [0.4, 0.5) is 24.5 Å². The summed E-state index contributed by atoms with van der Waals surface area (Å²) >= 11 is 0. The number of hydrazone groups is 1. The first-order valence-electron chi connectivity index (χ1n) is 9.29. The molecule has 2 N–H and O–H groups in total. The molecule has 1 aliphatic heterocycles. The van der Waals surface area contributed by atoms with Gasteiger partial charge in [0.05, 0.1) is 27.5 Å². The minimum absolute atomic E-state index is 0.107. The number of nitrogens with zero attached hydrogens (tertiary/aromatic N) is 1. The fourth-order valence-electron chi connectivity index (χ4n) is 2.98. The third-order valence-electron chi connectivity index (χ3n) is 4.73. The number of fused-ring (bicyclic) bond motifs is 2. The van der Waals surface area contributed by atoms with Gasteiger partial charge in [-0.05, 0) is 67.9 Å². The van der Waals surface area contributed by atoms with Crippen LogP contribution in [0.15, 0.2) is 70.7 Å². The molecule has 0 amide bonds. The van der Waals surface area contributed by atoms with E-state index in [-0.39, 0.29) is 5.75 Å². The monoisotopic (exact) mass is 445 g/mol. The van der Waals surface area contributed by atoms with Gasteiger partial charge in [-0.2, -0.15) is 18.3 Å². The van der Waals surface area contributed by atoms with Crippen LogP contribution in [0.25, 0.3) is 0 Å². The molecule has 0 radical (unpaired) electrons. The molecule has 0 saturated carbocycles. The number of benzene rings is 3. The molecule has 9 heteroatoms. The van der Waals surface area contributed by atoms with Crippen molar-refractivity contribution in [3.8, 4) is 11.5 Å². The second-order valence-corrected chi connectivity index (χ2v) is 8.21. The molecule has 1 heterocycles. The maximum atomic E-state index is 12.9. The van der Waals surface area contributed by atoms with Gasteiger partial charge in [0, 0.05) is 0 Å². The first kappa shape index (κ1) is 20.9. The summed E-state index contributed by atoms with van der Waals surface area (Å²) in [6.07, 6.45) is -4.44. The largest absolute Gasteiger partial charge is 0.453 e. The number of anilines is 2. The van der Waals surface area contributed by atoms with E-state index in [2.05, 4.69) is 15.2 Å². The lowest BCUT2D eigenvalue weighted by atomic mass is 10.1. The summed E-state index contributed by atoms with van der Waals surface area (Å²) in [5, 5.41) is 7.28. The van der Waals surface area contributed by atoms with Crippen molar-refractivity contribution in [2.45, 2.75) is 24.9 Å². The van der Waals surface area contributed by atoms with Gasteiger partial charge >= 0.3 is 6.18 Å². The molecule has 0 aliphatic carbocycles. The number of ether oxygens (including phenoxy) is 1. The lowest BCUT2D eigenvalue weighted by Gasteiger charge is -2.23. The van der Waals surface area contributed by atoms with Crippen molar-refractivity contribution in [3.05, 3.63) is 77.4 Å². The van der Waals surface area contributed by atoms with E-state index in [1.165, 1.54) is 6.07 Å². The predicted octanol–water partition coefficient (Wildman–Crippen LogP) is 5.90. The molecule has 0 fully saturated rings. The first-order valence-corrected chi connectivity index (χ1v) is 10.4. The molecule has 0 bridgehead atoms. The number of rotatable bonds is 4. The number of aryl methyl sites for hydroxylation is 1. The van der Waals surface area contributed by atoms with Gasteiger partial charge in [-0.1, -0.05) is 17.7 Å². The van der Waals surface area contributed by atoms with Gasteiger partial charge < -0.3 is 10.1 Å². The molecule has 3 aromatic rings. The molecule has 0 saturated heterocycles. The highest BCUT2D eigenvalue weighted by Gasteiger charge is 2.32. The summed E-state index contributed by atoms with van der Waals surface area (Å²) in [5.74, 6) is 0.509. The van der Waals surface area contributed by atoms with Gasteiger partial charge in [0.2, 0.25) is 0 Å². The van der Waals surface area contributed by atoms with Crippen LogP contribution in [-0.4, -0.2) is 9.92 Å². The normalized spacial score (nSPS) is 14.0. The molecule has 0 spiro atoms. The van der Waals surface area contributed by atoms with Crippen LogP contribution in [0.3, 0.4) is 0 Å². The number of hydrogen-bond acceptors (Lipinski definition) is 4. The number of nitrogens with one attached hydrogen (secondary N) is 2. The van der Waals surface area contributed by atoms with E-state index in [1.807, 2.05) is 19.1 Å². The van der Waals surface area contributed by atoms with E-state index < -0.39 is 22.7 Å². The Hall–Kier alpha value is -3.33. The summed E-state index contributed by atoms with van der Waals surface area (Å²) < 4.78 is 56.8. The Morgan fingerprint density at radius 1 is 1.00 bits per heavy atom. The zero-order valence-corrected chi connectivity index (χ0v) is 17.4. The lowest BCUT2D eigenvalue weighted by Crippen LogP contribution is -2.13. The molecule has 4 rings (SSSR count). The van der Waals surface area contributed by atoms with Crippen molar-refractivity contribution in [2.75, 3.05) is 5.32 Å². The molecule has 1 unspecified atom stereocenters. The fraction of sp³-hybridized carbons (Fsp3) is 0.136.